The minimum Gasteiger partial charge on any atom is -0.326 e. The van der Waals surface area contributed by atoms with Crippen LogP contribution in [0.2, 0.25) is 5.02 Å². The fourth-order valence-electron chi connectivity index (χ4n) is 3.53. The van der Waals surface area contributed by atoms with Crippen molar-refractivity contribution in [2.45, 2.75) is 25.7 Å². The van der Waals surface area contributed by atoms with Crippen molar-refractivity contribution >= 4 is 28.9 Å². The van der Waals surface area contributed by atoms with Gasteiger partial charge in [0.2, 0.25) is 5.91 Å². The molecular formula is C14H15ClN2O3. The van der Waals surface area contributed by atoms with Gasteiger partial charge in [-0.15, -0.1) is 0 Å². The fourth-order valence-corrected chi connectivity index (χ4v) is 3.72. The summed E-state index contributed by atoms with van der Waals surface area (Å²) in [6, 6.07) is 4.35. The number of anilines is 1. The Morgan fingerprint density at radius 1 is 1.35 bits per heavy atom. The minimum atomic E-state index is -0.546. The zero-order valence-electron chi connectivity index (χ0n) is 10.8. The van der Waals surface area contributed by atoms with Crippen molar-refractivity contribution in [3.8, 4) is 0 Å². The average Bonchev–Trinajstić information content (AvgIpc) is 3.03. The van der Waals surface area contributed by atoms with Crippen molar-refractivity contribution in [1.29, 1.82) is 0 Å². The third kappa shape index (κ3) is 2.38. The molecule has 0 aromatic heterocycles. The lowest BCUT2D eigenvalue weighted by Gasteiger charge is -2.20. The number of nitrogens with zero attached hydrogens (tertiary/aromatic N) is 1. The highest BCUT2D eigenvalue weighted by Crippen LogP contribution is 2.48. The van der Waals surface area contributed by atoms with Crippen LogP contribution in [0.1, 0.15) is 25.7 Å². The summed E-state index contributed by atoms with van der Waals surface area (Å²) in [6.45, 7) is 0. The smallest absolute Gasteiger partial charge is 0.289 e. The van der Waals surface area contributed by atoms with E-state index in [0.29, 0.717) is 17.5 Å². The monoisotopic (exact) mass is 294 g/mol. The van der Waals surface area contributed by atoms with Crippen molar-refractivity contribution in [3.63, 3.8) is 0 Å². The van der Waals surface area contributed by atoms with Gasteiger partial charge >= 0.3 is 0 Å². The van der Waals surface area contributed by atoms with Crippen LogP contribution >= 0.6 is 11.6 Å². The van der Waals surface area contributed by atoms with Crippen LogP contribution in [0, 0.1) is 27.9 Å². The Morgan fingerprint density at radius 3 is 2.75 bits per heavy atom. The number of hydrogen-bond acceptors (Lipinski definition) is 3. The summed E-state index contributed by atoms with van der Waals surface area (Å²) in [5.41, 5.74) is 0.256. The summed E-state index contributed by atoms with van der Waals surface area (Å²) >= 11 is 5.75. The number of nitro benzene ring substituents is 1. The van der Waals surface area contributed by atoms with E-state index in [1.54, 1.807) is 6.07 Å². The lowest BCUT2D eigenvalue weighted by atomic mass is 9.88. The van der Waals surface area contributed by atoms with Crippen molar-refractivity contribution in [2.24, 2.45) is 17.8 Å². The van der Waals surface area contributed by atoms with Gasteiger partial charge in [-0.3, -0.25) is 14.9 Å². The van der Waals surface area contributed by atoms with Crippen LogP contribution in [-0.4, -0.2) is 10.8 Å². The number of hydrogen-bond donors (Lipinski definition) is 1. The Hall–Kier alpha value is -1.62. The number of benzene rings is 1. The molecule has 1 amide bonds. The molecule has 0 saturated heterocycles. The second-order valence-electron chi connectivity index (χ2n) is 5.69. The normalized spacial score (nSPS) is 27.6. The van der Waals surface area contributed by atoms with Gasteiger partial charge in [0.1, 0.15) is 5.02 Å². The number of amides is 1. The van der Waals surface area contributed by atoms with Gasteiger partial charge in [-0.2, -0.15) is 0 Å². The zero-order valence-corrected chi connectivity index (χ0v) is 11.6. The molecule has 3 unspecified atom stereocenters. The Kier molecular flexibility index (Phi) is 3.38. The van der Waals surface area contributed by atoms with Crippen LogP contribution in [0.15, 0.2) is 18.2 Å². The fraction of sp³-hybridized carbons (Fsp3) is 0.500. The summed E-state index contributed by atoms with van der Waals surface area (Å²) < 4.78 is 0. The molecule has 6 heteroatoms. The third-order valence-electron chi connectivity index (χ3n) is 4.49. The quantitative estimate of drug-likeness (QED) is 0.683. The molecule has 1 aromatic carbocycles. The Bertz CT molecular complexity index is 576. The molecule has 1 aromatic rings. The van der Waals surface area contributed by atoms with Crippen LogP contribution in [0.5, 0.6) is 0 Å². The molecule has 2 bridgehead atoms. The first kappa shape index (κ1) is 13.4. The summed E-state index contributed by atoms with van der Waals surface area (Å²) in [5, 5.41) is 13.7. The molecule has 3 atom stereocenters. The van der Waals surface area contributed by atoms with Gasteiger partial charge in [0.25, 0.3) is 5.69 Å². The molecule has 0 spiro atoms. The second kappa shape index (κ2) is 5.05. The number of nitro groups is 1. The van der Waals surface area contributed by atoms with Gasteiger partial charge < -0.3 is 5.32 Å². The number of fused-ring (bicyclic) bond motifs is 2. The van der Waals surface area contributed by atoms with E-state index >= 15 is 0 Å². The van der Waals surface area contributed by atoms with Crippen molar-refractivity contribution in [2.75, 3.05) is 5.32 Å². The largest absolute Gasteiger partial charge is 0.326 e. The number of carbonyl (C=O) groups excluding carboxylic acids is 1. The minimum absolute atomic E-state index is 0.0196. The molecule has 0 heterocycles. The molecule has 3 rings (SSSR count). The number of carbonyl (C=O) groups is 1. The van der Waals surface area contributed by atoms with E-state index in [-0.39, 0.29) is 22.5 Å². The van der Waals surface area contributed by atoms with Gasteiger partial charge in [-0.05, 0) is 43.2 Å². The molecule has 2 aliphatic rings. The molecule has 2 aliphatic carbocycles. The highest BCUT2D eigenvalue weighted by Gasteiger charge is 2.43. The average molecular weight is 295 g/mol. The summed E-state index contributed by atoms with van der Waals surface area (Å²) in [6.07, 6.45) is 4.47. The summed E-state index contributed by atoms with van der Waals surface area (Å²) in [4.78, 5) is 22.5. The van der Waals surface area contributed by atoms with Crippen LogP contribution < -0.4 is 5.32 Å². The third-order valence-corrected chi connectivity index (χ3v) is 4.80. The topological polar surface area (TPSA) is 72.2 Å². The number of halogens is 1. The SMILES string of the molecule is O=C(Nc1ccc(Cl)c([N+](=O)[O-])c1)C1CC2CCC1C2. The van der Waals surface area contributed by atoms with Crippen molar-refractivity contribution in [3.05, 3.63) is 33.3 Å². The van der Waals surface area contributed by atoms with E-state index in [1.807, 2.05) is 0 Å². The predicted molar refractivity (Wildman–Crippen MR) is 75.7 cm³/mol. The summed E-state index contributed by atoms with van der Waals surface area (Å²) in [7, 11) is 0. The molecule has 1 N–H and O–H groups in total. The molecule has 2 fully saturated rings. The molecule has 0 aliphatic heterocycles. The van der Waals surface area contributed by atoms with E-state index in [4.69, 9.17) is 11.6 Å². The maximum Gasteiger partial charge on any atom is 0.289 e. The van der Waals surface area contributed by atoms with Crippen LogP contribution in [0.25, 0.3) is 0 Å². The number of nitrogens with one attached hydrogen (secondary N) is 1. The van der Waals surface area contributed by atoms with Crippen LogP contribution in [0.3, 0.4) is 0 Å². The molecule has 0 radical (unpaired) electrons. The van der Waals surface area contributed by atoms with Gasteiger partial charge in [0, 0.05) is 17.7 Å². The Balaban J connectivity index is 1.73. The molecule has 106 valence electrons. The van der Waals surface area contributed by atoms with Gasteiger partial charge in [-0.25, -0.2) is 0 Å². The standard InChI is InChI=1S/C14H15ClN2O3/c15-12-4-3-10(7-13(12)17(19)20)16-14(18)11-6-8-1-2-9(11)5-8/h3-4,7-9,11H,1-2,5-6H2,(H,16,18). The van der Waals surface area contributed by atoms with E-state index in [9.17, 15) is 14.9 Å². The maximum atomic E-state index is 12.3. The first-order chi connectivity index (χ1) is 9.54. The predicted octanol–water partition coefficient (Wildman–Crippen LogP) is 3.62. The van der Waals surface area contributed by atoms with E-state index in [0.717, 1.165) is 19.3 Å². The van der Waals surface area contributed by atoms with E-state index in [1.165, 1.54) is 18.6 Å². The van der Waals surface area contributed by atoms with Crippen LogP contribution in [0.4, 0.5) is 11.4 Å². The van der Waals surface area contributed by atoms with E-state index < -0.39 is 4.92 Å². The van der Waals surface area contributed by atoms with Gasteiger partial charge in [0.05, 0.1) is 4.92 Å². The van der Waals surface area contributed by atoms with Crippen molar-refractivity contribution < 1.29 is 9.72 Å². The van der Waals surface area contributed by atoms with Crippen molar-refractivity contribution in [1.82, 2.24) is 0 Å². The number of rotatable bonds is 3. The highest BCUT2D eigenvalue weighted by atomic mass is 35.5. The lowest BCUT2D eigenvalue weighted by Crippen LogP contribution is -2.27. The second-order valence-corrected chi connectivity index (χ2v) is 6.10. The Labute approximate surface area is 121 Å². The summed E-state index contributed by atoms with van der Waals surface area (Å²) in [5.74, 6) is 1.22. The lowest BCUT2D eigenvalue weighted by molar-refractivity contribution is -0.384. The Morgan fingerprint density at radius 2 is 2.15 bits per heavy atom. The maximum absolute atomic E-state index is 12.3. The first-order valence-electron chi connectivity index (χ1n) is 6.79. The highest BCUT2D eigenvalue weighted by molar-refractivity contribution is 6.32. The first-order valence-corrected chi connectivity index (χ1v) is 7.17. The van der Waals surface area contributed by atoms with Gasteiger partial charge in [0.15, 0.2) is 0 Å². The zero-order chi connectivity index (χ0) is 14.3. The van der Waals surface area contributed by atoms with E-state index in [2.05, 4.69) is 5.32 Å². The molecule has 20 heavy (non-hydrogen) atoms. The molecular weight excluding hydrogens is 280 g/mol. The van der Waals surface area contributed by atoms with Gasteiger partial charge in [-0.1, -0.05) is 18.0 Å². The molecule has 2 saturated carbocycles. The molecule has 5 nitrogen and oxygen atoms in total. The van der Waals surface area contributed by atoms with Crippen LogP contribution in [-0.2, 0) is 4.79 Å².